The van der Waals surface area contributed by atoms with E-state index in [-0.39, 0.29) is 5.41 Å². The van der Waals surface area contributed by atoms with E-state index >= 15 is 0 Å². The Hall–Kier alpha value is -1.42. The molecule has 0 atom stereocenters. The fraction of sp³-hybridized carbons (Fsp3) is 0.700. The molecule has 2 N–H and O–H groups in total. The Labute approximate surface area is 146 Å². The number of ether oxygens (including phenoxy) is 2. The van der Waals surface area contributed by atoms with Gasteiger partial charge in [0.25, 0.3) is 0 Å². The van der Waals surface area contributed by atoms with Crippen molar-refractivity contribution >= 4 is 5.69 Å². The molecule has 3 rings (SSSR count). The molecule has 4 nitrogen and oxygen atoms in total. The largest absolute Gasteiger partial charge is 0.496 e. The minimum atomic E-state index is 0.0390. The Bertz CT molecular complexity index is 547. The van der Waals surface area contributed by atoms with E-state index in [1.165, 1.54) is 49.8 Å². The van der Waals surface area contributed by atoms with Gasteiger partial charge in [0.2, 0.25) is 0 Å². The van der Waals surface area contributed by atoms with Gasteiger partial charge in [0.15, 0.2) is 0 Å². The minimum Gasteiger partial charge on any atom is -0.496 e. The van der Waals surface area contributed by atoms with Crippen LogP contribution in [-0.2, 0) is 5.41 Å². The molecule has 2 fully saturated rings. The summed E-state index contributed by atoms with van der Waals surface area (Å²) < 4.78 is 11.6. The van der Waals surface area contributed by atoms with Crippen molar-refractivity contribution in [2.45, 2.75) is 56.8 Å². The molecule has 24 heavy (non-hydrogen) atoms. The molecule has 134 valence electrons. The maximum absolute atomic E-state index is 6.26. The van der Waals surface area contributed by atoms with Gasteiger partial charge < -0.3 is 20.1 Å². The van der Waals surface area contributed by atoms with E-state index in [9.17, 15) is 0 Å². The zero-order valence-corrected chi connectivity index (χ0v) is 15.3. The average Bonchev–Trinajstić information content (AvgIpc) is 2.68. The molecule has 0 spiro atoms. The summed E-state index contributed by atoms with van der Waals surface area (Å²) >= 11 is 0. The van der Waals surface area contributed by atoms with Crippen LogP contribution in [0.25, 0.3) is 0 Å². The highest BCUT2D eigenvalue weighted by Crippen LogP contribution is 2.47. The Morgan fingerprint density at radius 3 is 2.12 bits per heavy atom. The molecular weight excluding hydrogens is 300 g/mol. The van der Waals surface area contributed by atoms with Crippen molar-refractivity contribution in [2.75, 3.05) is 38.8 Å². The molecule has 1 saturated carbocycles. The number of nitrogens with zero attached hydrogens (tertiary/aromatic N) is 1. The molecule has 0 unspecified atom stereocenters. The second-order valence-corrected chi connectivity index (χ2v) is 7.32. The van der Waals surface area contributed by atoms with E-state index in [0.717, 1.165) is 37.4 Å². The molecule has 0 bridgehead atoms. The Kier molecular flexibility index (Phi) is 5.54. The summed E-state index contributed by atoms with van der Waals surface area (Å²) in [6.07, 6.45) is 9.92. The van der Waals surface area contributed by atoms with Crippen LogP contribution in [0, 0.1) is 0 Å². The summed E-state index contributed by atoms with van der Waals surface area (Å²) in [4.78, 5) is 2.44. The van der Waals surface area contributed by atoms with Gasteiger partial charge in [-0.2, -0.15) is 0 Å². The highest BCUT2D eigenvalue weighted by atomic mass is 16.5. The van der Waals surface area contributed by atoms with Gasteiger partial charge in [-0.15, -0.1) is 0 Å². The maximum Gasteiger partial charge on any atom is 0.142 e. The lowest BCUT2D eigenvalue weighted by atomic mass is 9.69. The third-order valence-electron chi connectivity index (χ3n) is 5.97. The van der Waals surface area contributed by atoms with Crippen LogP contribution in [0.15, 0.2) is 12.1 Å². The third-order valence-corrected chi connectivity index (χ3v) is 5.97. The molecule has 1 aliphatic heterocycles. The third kappa shape index (κ3) is 3.21. The number of nitrogens with two attached hydrogens (primary N) is 1. The first kappa shape index (κ1) is 17.4. The fourth-order valence-electron chi connectivity index (χ4n) is 4.49. The number of rotatable bonds is 5. The topological polar surface area (TPSA) is 47.7 Å². The highest BCUT2D eigenvalue weighted by Gasteiger charge is 2.36. The van der Waals surface area contributed by atoms with Crippen LogP contribution in [0.3, 0.4) is 0 Å². The van der Waals surface area contributed by atoms with Crippen molar-refractivity contribution < 1.29 is 9.47 Å². The van der Waals surface area contributed by atoms with Crippen LogP contribution in [0.4, 0.5) is 5.69 Å². The molecule has 1 aromatic carbocycles. The first-order valence-corrected chi connectivity index (χ1v) is 9.45. The zero-order chi connectivity index (χ0) is 17.0. The van der Waals surface area contributed by atoms with Crippen molar-refractivity contribution in [1.29, 1.82) is 0 Å². The van der Waals surface area contributed by atoms with Crippen LogP contribution < -0.4 is 20.1 Å². The molecule has 2 aliphatic rings. The number of hydrogen-bond acceptors (Lipinski definition) is 4. The van der Waals surface area contributed by atoms with E-state index in [2.05, 4.69) is 17.0 Å². The Balaban J connectivity index is 2.03. The van der Waals surface area contributed by atoms with Crippen molar-refractivity contribution in [3.8, 4) is 11.5 Å². The van der Waals surface area contributed by atoms with Gasteiger partial charge in [0.1, 0.15) is 11.5 Å². The second kappa shape index (κ2) is 7.64. The van der Waals surface area contributed by atoms with Gasteiger partial charge in [-0.05, 0) is 38.2 Å². The van der Waals surface area contributed by atoms with E-state index in [0.29, 0.717) is 6.54 Å². The van der Waals surface area contributed by atoms with Crippen LogP contribution >= 0.6 is 0 Å². The Morgan fingerprint density at radius 2 is 1.54 bits per heavy atom. The summed E-state index contributed by atoms with van der Waals surface area (Å²) in [6, 6.07) is 4.40. The lowest BCUT2D eigenvalue weighted by molar-refractivity contribution is 0.286. The first-order valence-electron chi connectivity index (χ1n) is 9.45. The van der Waals surface area contributed by atoms with Crippen LogP contribution in [0.5, 0.6) is 11.5 Å². The predicted octanol–water partition coefficient (Wildman–Crippen LogP) is 3.85. The molecule has 0 radical (unpaired) electrons. The van der Waals surface area contributed by atoms with Gasteiger partial charge in [-0.25, -0.2) is 0 Å². The number of methoxy groups -OCH3 is 2. The second-order valence-electron chi connectivity index (χ2n) is 7.32. The van der Waals surface area contributed by atoms with Gasteiger partial charge >= 0.3 is 0 Å². The predicted molar refractivity (Wildman–Crippen MR) is 99.4 cm³/mol. The van der Waals surface area contributed by atoms with E-state index in [1.807, 2.05) is 0 Å². The van der Waals surface area contributed by atoms with Crippen LogP contribution in [0.1, 0.15) is 56.9 Å². The number of hydrogen-bond donors (Lipinski definition) is 1. The molecule has 4 heteroatoms. The van der Waals surface area contributed by atoms with Crippen molar-refractivity contribution in [1.82, 2.24) is 0 Å². The first-order chi connectivity index (χ1) is 11.7. The quantitative estimate of drug-likeness (QED) is 0.889. The summed E-state index contributed by atoms with van der Waals surface area (Å²) in [5.74, 6) is 1.94. The SMILES string of the molecule is COc1cc(C2(CN)CCCCC2)c(OC)cc1N1CCCCC1. The van der Waals surface area contributed by atoms with Crippen molar-refractivity contribution in [3.05, 3.63) is 17.7 Å². The molecule has 1 aliphatic carbocycles. The molecule has 1 heterocycles. The normalized spacial score (nSPS) is 20.7. The summed E-state index contributed by atoms with van der Waals surface area (Å²) in [5, 5.41) is 0. The molecule has 1 saturated heterocycles. The van der Waals surface area contributed by atoms with Crippen molar-refractivity contribution in [2.24, 2.45) is 5.73 Å². The molecular formula is C20H32N2O2. The average molecular weight is 332 g/mol. The lowest BCUT2D eigenvalue weighted by Gasteiger charge is -2.39. The zero-order valence-electron chi connectivity index (χ0n) is 15.3. The van der Waals surface area contributed by atoms with Crippen LogP contribution in [0.2, 0.25) is 0 Å². The molecule has 0 amide bonds. The lowest BCUT2D eigenvalue weighted by Crippen LogP contribution is -2.37. The summed E-state index contributed by atoms with van der Waals surface area (Å²) in [5.41, 5.74) is 8.71. The summed E-state index contributed by atoms with van der Waals surface area (Å²) in [7, 11) is 3.55. The van der Waals surface area contributed by atoms with Crippen LogP contribution in [-0.4, -0.2) is 33.9 Å². The highest BCUT2D eigenvalue weighted by molar-refractivity contribution is 5.65. The smallest absolute Gasteiger partial charge is 0.142 e. The van der Waals surface area contributed by atoms with Gasteiger partial charge in [0, 0.05) is 36.7 Å². The van der Waals surface area contributed by atoms with E-state index in [4.69, 9.17) is 15.2 Å². The van der Waals surface area contributed by atoms with Gasteiger partial charge in [-0.3, -0.25) is 0 Å². The fourth-order valence-corrected chi connectivity index (χ4v) is 4.49. The molecule has 0 aromatic heterocycles. The Morgan fingerprint density at radius 1 is 0.917 bits per heavy atom. The summed E-state index contributed by atoms with van der Waals surface area (Å²) in [6.45, 7) is 2.87. The standard InChI is InChI=1S/C20H32N2O2/c1-23-18-14-17(22-11-7-4-8-12-22)19(24-2)13-16(18)20(15-21)9-5-3-6-10-20/h13-14H,3-12,15,21H2,1-2H3. The van der Waals surface area contributed by atoms with Gasteiger partial charge in [0.05, 0.1) is 19.9 Å². The monoisotopic (exact) mass is 332 g/mol. The van der Waals surface area contributed by atoms with Crippen molar-refractivity contribution in [3.63, 3.8) is 0 Å². The number of piperidine rings is 1. The van der Waals surface area contributed by atoms with E-state index < -0.39 is 0 Å². The van der Waals surface area contributed by atoms with Gasteiger partial charge in [-0.1, -0.05) is 19.3 Å². The maximum atomic E-state index is 6.26. The van der Waals surface area contributed by atoms with E-state index in [1.54, 1.807) is 14.2 Å². The minimum absolute atomic E-state index is 0.0390. The number of benzene rings is 1. The number of anilines is 1. The molecule has 1 aromatic rings.